The maximum atomic E-state index is 11.3. The van der Waals surface area contributed by atoms with Crippen LogP contribution >= 0.6 is 43.2 Å². The van der Waals surface area contributed by atoms with E-state index < -0.39 is 0 Å². The summed E-state index contributed by atoms with van der Waals surface area (Å²) >= 11 is 7.73. The molecule has 0 atom stereocenters. The average Bonchev–Trinajstić information content (AvgIpc) is 2.33. The summed E-state index contributed by atoms with van der Waals surface area (Å²) in [5, 5.41) is 0. The van der Waals surface area contributed by atoms with Crippen LogP contribution in [0.1, 0.15) is 16.6 Å². The van der Waals surface area contributed by atoms with E-state index in [0.29, 0.717) is 21.6 Å². The van der Waals surface area contributed by atoms with Gasteiger partial charge in [-0.25, -0.2) is 4.79 Å². The minimum atomic E-state index is -0.350. The fourth-order valence-corrected chi connectivity index (χ4v) is 3.14. The first-order valence-corrected chi connectivity index (χ1v) is 5.88. The molecule has 1 rings (SSSR count). The van der Waals surface area contributed by atoms with Gasteiger partial charge in [-0.1, -0.05) is 0 Å². The molecule has 0 spiro atoms. The lowest BCUT2D eigenvalue weighted by Gasteiger charge is -1.98. The first kappa shape index (κ1) is 11.0. The summed E-state index contributed by atoms with van der Waals surface area (Å²) in [4.78, 5) is 11.8. The topological polar surface area (TPSA) is 52.3 Å². The Balaban J connectivity index is 3.01. The van der Waals surface area contributed by atoms with Crippen molar-refractivity contribution in [2.75, 3.05) is 12.3 Å². The number of ether oxygens (including phenoxy) is 1. The molecule has 2 N–H and O–H groups in total. The van der Waals surface area contributed by atoms with Crippen LogP contribution in [0.3, 0.4) is 0 Å². The van der Waals surface area contributed by atoms with E-state index in [-0.39, 0.29) is 5.97 Å². The Labute approximate surface area is 96.5 Å². The van der Waals surface area contributed by atoms with Crippen molar-refractivity contribution in [1.82, 2.24) is 0 Å². The van der Waals surface area contributed by atoms with Crippen molar-refractivity contribution in [2.45, 2.75) is 6.92 Å². The van der Waals surface area contributed by atoms with Gasteiger partial charge in [0.05, 0.1) is 20.6 Å². The van der Waals surface area contributed by atoms with Gasteiger partial charge >= 0.3 is 5.97 Å². The molecule has 0 amide bonds. The number of nitrogen functional groups attached to an aromatic ring is 1. The van der Waals surface area contributed by atoms with E-state index in [2.05, 4.69) is 31.9 Å². The molecule has 3 nitrogen and oxygen atoms in total. The van der Waals surface area contributed by atoms with Gasteiger partial charge in [0.2, 0.25) is 0 Å². The standard InChI is InChI=1S/C7H7Br2NO2S/c1-2-12-7(11)5-3(8)4(10)6(9)13-5/h2,10H2,1H3. The summed E-state index contributed by atoms with van der Waals surface area (Å²) < 4.78 is 6.18. The van der Waals surface area contributed by atoms with Crippen LogP contribution in [0.2, 0.25) is 0 Å². The molecule has 0 aliphatic rings. The molecular formula is C7H7Br2NO2S. The van der Waals surface area contributed by atoms with E-state index in [1.807, 2.05) is 0 Å². The molecule has 13 heavy (non-hydrogen) atoms. The number of hydrogen-bond donors (Lipinski definition) is 1. The van der Waals surface area contributed by atoms with Gasteiger partial charge in [-0.2, -0.15) is 0 Å². The van der Waals surface area contributed by atoms with Gasteiger partial charge in [0.25, 0.3) is 0 Å². The number of anilines is 1. The third-order valence-electron chi connectivity index (χ3n) is 1.30. The highest BCUT2D eigenvalue weighted by atomic mass is 79.9. The smallest absolute Gasteiger partial charge is 0.349 e. The number of carbonyl (C=O) groups excluding carboxylic acids is 1. The van der Waals surface area contributed by atoms with Gasteiger partial charge in [0.15, 0.2) is 0 Å². The van der Waals surface area contributed by atoms with E-state index in [4.69, 9.17) is 10.5 Å². The SMILES string of the molecule is CCOC(=O)c1sc(Br)c(N)c1Br. The number of nitrogens with two attached hydrogens (primary N) is 1. The van der Waals surface area contributed by atoms with Crippen LogP contribution < -0.4 is 5.73 Å². The summed E-state index contributed by atoms with van der Waals surface area (Å²) in [5.41, 5.74) is 6.18. The molecule has 1 aromatic rings. The first-order valence-electron chi connectivity index (χ1n) is 3.48. The summed E-state index contributed by atoms with van der Waals surface area (Å²) in [6.07, 6.45) is 0. The highest BCUT2D eigenvalue weighted by molar-refractivity contribution is 9.11. The average molecular weight is 329 g/mol. The van der Waals surface area contributed by atoms with E-state index >= 15 is 0 Å². The molecule has 0 saturated heterocycles. The van der Waals surface area contributed by atoms with Crippen molar-refractivity contribution in [1.29, 1.82) is 0 Å². The van der Waals surface area contributed by atoms with Crippen molar-refractivity contribution >= 4 is 54.9 Å². The zero-order valence-corrected chi connectivity index (χ0v) is 10.8. The monoisotopic (exact) mass is 327 g/mol. The number of hydrogen-bond acceptors (Lipinski definition) is 4. The zero-order chi connectivity index (χ0) is 10.0. The maximum absolute atomic E-state index is 11.3. The lowest BCUT2D eigenvalue weighted by atomic mass is 10.4. The lowest BCUT2D eigenvalue weighted by Crippen LogP contribution is -2.02. The molecule has 0 radical (unpaired) electrons. The van der Waals surface area contributed by atoms with Gasteiger partial charge < -0.3 is 10.5 Å². The fraction of sp³-hybridized carbons (Fsp3) is 0.286. The van der Waals surface area contributed by atoms with Crippen molar-refractivity contribution in [3.63, 3.8) is 0 Å². The molecule has 0 aliphatic heterocycles. The van der Waals surface area contributed by atoms with Crippen molar-refractivity contribution in [2.24, 2.45) is 0 Å². The van der Waals surface area contributed by atoms with E-state index in [1.54, 1.807) is 6.92 Å². The van der Waals surface area contributed by atoms with Crippen molar-refractivity contribution < 1.29 is 9.53 Å². The molecule has 6 heteroatoms. The van der Waals surface area contributed by atoms with Crippen LogP contribution in [0.15, 0.2) is 8.26 Å². The van der Waals surface area contributed by atoms with Crippen LogP contribution in [0.5, 0.6) is 0 Å². The highest BCUT2D eigenvalue weighted by Crippen LogP contribution is 2.39. The highest BCUT2D eigenvalue weighted by Gasteiger charge is 2.18. The van der Waals surface area contributed by atoms with E-state index in [9.17, 15) is 4.79 Å². The lowest BCUT2D eigenvalue weighted by molar-refractivity contribution is 0.0531. The van der Waals surface area contributed by atoms with Crippen molar-refractivity contribution in [3.8, 4) is 0 Å². The molecule has 0 fully saturated rings. The second-order valence-corrected chi connectivity index (χ2v) is 5.28. The van der Waals surface area contributed by atoms with Gasteiger partial charge in [-0.3, -0.25) is 0 Å². The molecule has 72 valence electrons. The van der Waals surface area contributed by atoms with Crippen LogP contribution in [0.25, 0.3) is 0 Å². The number of carbonyl (C=O) groups is 1. The molecule has 0 aromatic carbocycles. The third-order valence-corrected chi connectivity index (χ3v) is 4.27. The predicted molar refractivity (Wildman–Crippen MR) is 60.1 cm³/mol. The van der Waals surface area contributed by atoms with Gasteiger partial charge in [-0.15, -0.1) is 11.3 Å². The summed E-state index contributed by atoms with van der Waals surface area (Å²) in [7, 11) is 0. The van der Waals surface area contributed by atoms with Crippen LogP contribution in [-0.2, 0) is 4.74 Å². The van der Waals surface area contributed by atoms with Crippen molar-refractivity contribution in [3.05, 3.63) is 13.1 Å². The number of rotatable bonds is 2. The largest absolute Gasteiger partial charge is 0.462 e. The summed E-state index contributed by atoms with van der Waals surface area (Å²) in [5.74, 6) is -0.350. The van der Waals surface area contributed by atoms with Gasteiger partial charge in [-0.05, 0) is 38.8 Å². The normalized spacial score (nSPS) is 10.1. The first-order chi connectivity index (χ1) is 6.07. The Kier molecular flexibility index (Phi) is 3.75. The predicted octanol–water partition coefficient (Wildman–Crippen LogP) is 3.03. The van der Waals surface area contributed by atoms with Crippen LogP contribution in [0.4, 0.5) is 5.69 Å². The fourth-order valence-electron chi connectivity index (χ4n) is 0.726. The number of esters is 1. The number of halogens is 2. The third kappa shape index (κ3) is 2.24. The summed E-state index contributed by atoms with van der Waals surface area (Å²) in [6, 6.07) is 0. The Hall–Kier alpha value is -0.0700. The minimum Gasteiger partial charge on any atom is -0.462 e. The Bertz CT molecular complexity index is 337. The summed E-state index contributed by atoms with van der Waals surface area (Å²) in [6.45, 7) is 2.12. The molecular weight excluding hydrogens is 322 g/mol. The Morgan fingerprint density at radius 3 is 2.62 bits per heavy atom. The molecule has 1 heterocycles. The second-order valence-electron chi connectivity index (χ2n) is 2.15. The van der Waals surface area contributed by atoms with E-state index in [0.717, 1.165) is 3.79 Å². The zero-order valence-electron chi connectivity index (χ0n) is 6.77. The van der Waals surface area contributed by atoms with E-state index in [1.165, 1.54) is 11.3 Å². The minimum absolute atomic E-state index is 0.350. The molecule has 0 unspecified atom stereocenters. The Morgan fingerprint density at radius 1 is 1.62 bits per heavy atom. The second kappa shape index (κ2) is 4.43. The Morgan fingerprint density at radius 2 is 2.23 bits per heavy atom. The quantitative estimate of drug-likeness (QED) is 0.849. The molecule has 0 saturated carbocycles. The van der Waals surface area contributed by atoms with Gasteiger partial charge in [0.1, 0.15) is 4.88 Å². The number of thiophene rings is 1. The molecule has 0 bridgehead atoms. The molecule has 1 aromatic heterocycles. The maximum Gasteiger partial charge on any atom is 0.349 e. The van der Waals surface area contributed by atoms with Gasteiger partial charge in [0, 0.05) is 0 Å². The molecule has 0 aliphatic carbocycles. The van der Waals surface area contributed by atoms with Crippen LogP contribution in [-0.4, -0.2) is 12.6 Å². The van der Waals surface area contributed by atoms with Crippen LogP contribution in [0, 0.1) is 0 Å².